The minimum atomic E-state index is -0.169. The largest absolute Gasteiger partial charge is 0.397 e. The van der Waals surface area contributed by atoms with E-state index in [1.807, 2.05) is 32.0 Å². The zero-order valence-corrected chi connectivity index (χ0v) is 12.5. The molecule has 0 aromatic heterocycles. The summed E-state index contributed by atoms with van der Waals surface area (Å²) in [4.78, 5) is 14.1. The van der Waals surface area contributed by atoms with Crippen molar-refractivity contribution in [2.24, 2.45) is 0 Å². The maximum atomic E-state index is 12.5. The summed E-state index contributed by atoms with van der Waals surface area (Å²) in [5, 5.41) is 0.393. The van der Waals surface area contributed by atoms with Crippen LogP contribution < -0.4 is 10.6 Å². The molecule has 0 spiro atoms. The monoisotopic (exact) mass is 288 g/mol. The third-order valence-corrected chi connectivity index (χ3v) is 3.63. The number of halogens is 1. The number of hydrogen-bond acceptors (Lipinski definition) is 2. The molecule has 4 heteroatoms. The van der Waals surface area contributed by atoms with Crippen molar-refractivity contribution in [3.05, 3.63) is 58.1 Å². The van der Waals surface area contributed by atoms with Crippen LogP contribution in [-0.2, 0) is 0 Å². The Morgan fingerprint density at radius 3 is 2.55 bits per heavy atom. The van der Waals surface area contributed by atoms with Crippen LogP contribution in [-0.4, -0.2) is 13.0 Å². The normalized spacial score (nSPS) is 10.4. The lowest BCUT2D eigenvalue weighted by Gasteiger charge is -2.21. The van der Waals surface area contributed by atoms with Gasteiger partial charge in [-0.25, -0.2) is 0 Å². The standard InChI is InChI=1S/C16H17ClN2O/c1-10-7-8-14(11(2)9-10)19(3)16(20)12-5-4-6-13(17)15(12)18/h4-9H,18H2,1-3H3. The van der Waals surface area contributed by atoms with Gasteiger partial charge in [-0.3, -0.25) is 4.79 Å². The molecule has 20 heavy (non-hydrogen) atoms. The van der Waals surface area contributed by atoms with E-state index in [0.29, 0.717) is 16.3 Å². The number of rotatable bonds is 2. The number of benzene rings is 2. The van der Waals surface area contributed by atoms with Gasteiger partial charge in [-0.05, 0) is 37.6 Å². The van der Waals surface area contributed by atoms with Crippen LogP contribution >= 0.6 is 11.6 Å². The van der Waals surface area contributed by atoms with Crippen molar-refractivity contribution in [1.82, 2.24) is 0 Å². The minimum Gasteiger partial charge on any atom is -0.397 e. The second-order valence-corrected chi connectivity index (χ2v) is 5.26. The number of amides is 1. The highest BCUT2D eigenvalue weighted by Gasteiger charge is 2.18. The van der Waals surface area contributed by atoms with E-state index in [9.17, 15) is 4.79 Å². The van der Waals surface area contributed by atoms with Crippen LogP contribution in [0.3, 0.4) is 0 Å². The number of anilines is 2. The molecule has 0 bridgehead atoms. The van der Waals surface area contributed by atoms with Crippen LogP contribution in [0.5, 0.6) is 0 Å². The van der Waals surface area contributed by atoms with Gasteiger partial charge in [0.15, 0.2) is 0 Å². The number of para-hydroxylation sites is 1. The number of nitrogens with zero attached hydrogens (tertiary/aromatic N) is 1. The van der Waals surface area contributed by atoms with Crippen molar-refractivity contribution >= 4 is 28.9 Å². The Morgan fingerprint density at radius 2 is 1.90 bits per heavy atom. The van der Waals surface area contributed by atoms with Crippen molar-refractivity contribution in [1.29, 1.82) is 0 Å². The smallest absolute Gasteiger partial charge is 0.260 e. The Bertz CT molecular complexity index is 668. The first-order valence-corrected chi connectivity index (χ1v) is 6.69. The molecule has 0 heterocycles. The average Bonchev–Trinajstić information content (AvgIpc) is 2.40. The van der Waals surface area contributed by atoms with Crippen molar-refractivity contribution < 1.29 is 4.79 Å². The SMILES string of the molecule is Cc1ccc(N(C)C(=O)c2cccc(Cl)c2N)c(C)c1. The predicted octanol–water partition coefficient (Wildman–Crippen LogP) is 3.82. The third-order valence-electron chi connectivity index (χ3n) is 3.30. The molecule has 0 radical (unpaired) electrons. The van der Waals surface area contributed by atoms with E-state index in [2.05, 4.69) is 0 Å². The van der Waals surface area contributed by atoms with Crippen molar-refractivity contribution in [2.75, 3.05) is 17.7 Å². The van der Waals surface area contributed by atoms with Crippen molar-refractivity contribution in [2.45, 2.75) is 13.8 Å². The Balaban J connectivity index is 2.40. The fraction of sp³-hybridized carbons (Fsp3) is 0.188. The summed E-state index contributed by atoms with van der Waals surface area (Å²) in [5.74, 6) is -0.169. The number of nitrogen functional groups attached to an aromatic ring is 1. The van der Waals surface area contributed by atoms with Gasteiger partial charge in [-0.15, -0.1) is 0 Å². The van der Waals surface area contributed by atoms with Gasteiger partial charge in [0.1, 0.15) is 0 Å². The van der Waals surface area contributed by atoms with Crippen LogP contribution in [0.15, 0.2) is 36.4 Å². The topological polar surface area (TPSA) is 46.3 Å². The van der Waals surface area contributed by atoms with Gasteiger partial charge in [0.25, 0.3) is 5.91 Å². The van der Waals surface area contributed by atoms with Gasteiger partial charge in [0.2, 0.25) is 0 Å². The molecular weight excluding hydrogens is 272 g/mol. The molecule has 0 aliphatic heterocycles. The molecule has 104 valence electrons. The maximum Gasteiger partial charge on any atom is 0.260 e. The van der Waals surface area contributed by atoms with Crippen molar-refractivity contribution in [3.63, 3.8) is 0 Å². The quantitative estimate of drug-likeness (QED) is 0.854. The Labute approximate surface area is 124 Å². The molecule has 0 unspecified atom stereocenters. The molecule has 0 saturated heterocycles. The molecule has 1 amide bonds. The molecule has 0 aliphatic carbocycles. The van der Waals surface area contributed by atoms with Gasteiger partial charge in [0, 0.05) is 12.7 Å². The van der Waals surface area contributed by atoms with E-state index in [1.54, 1.807) is 30.1 Å². The highest BCUT2D eigenvalue weighted by molar-refractivity contribution is 6.34. The summed E-state index contributed by atoms with van der Waals surface area (Å²) < 4.78 is 0. The number of aryl methyl sites for hydroxylation is 2. The summed E-state index contributed by atoms with van der Waals surface area (Å²) in [7, 11) is 1.74. The summed E-state index contributed by atoms with van der Waals surface area (Å²) in [6.07, 6.45) is 0. The van der Waals surface area contributed by atoms with Crippen LogP contribution in [0.25, 0.3) is 0 Å². The molecule has 2 aromatic carbocycles. The van der Waals surface area contributed by atoms with Crippen LogP contribution in [0, 0.1) is 13.8 Å². The Kier molecular flexibility index (Phi) is 4.00. The maximum absolute atomic E-state index is 12.5. The highest BCUT2D eigenvalue weighted by Crippen LogP contribution is 2.26. The summed E-state index contributed by atoms with van der Waals surface area (Å²) in [5.41, 5.74) is 9.68. The third kappa shape index (κ3) is 2.63. The van der Waals surface area contributed by atoms with E-state index in [0.717, 1.165) is 16.8 Å². The van der Waals surface area contributed by atoms with E-state index in [1.165, 1.54) is 0 Å². The summed E-state index contributed by atoms with van der Waals surface area (Å²) in [6.45, 7) is 4.00. The lowest BCUT2D eigenvalue weighted by Crippen LogP contribution is -2.27. The summed E-state index contributed by atoms with van der Waals surface area (Å²) in [6, 6.07) is 11.0. The lowest BCUT2D eigenvalue weighted by atomic mass is 10.1. The van der Waals surface area contributed by atoms with E-state index in [-0.39, 0.29) is 5.91 Å². The molecule has 2 rings (SSSR count). The molecule has 2 N–H and O–H groups in total. The van der Waals surface area contributed by atoms with E-state index in [4.69, 9.17) is 17.3 Å². The van der Waals surface area contributed by atoms with E-state index < -0.39 is 0 Å². The molecule has 0 atom stereocenters. The van der Waals surface area contributed by atoms with Crippen LogP contribution in [0.1, 0.15) is 21.5 Å². The number of hydrogen-bond donors (Lipinski definition) is 1. The van der Waals surface area contributed by atoms with Gasteiger partial charge in [-0.1, -0.05) is 35.4 Å². The van der Waals surface area contributed by atoms with Crippen LogP contribution in [0.2, 0.25) is 5.02 Å². The Morgan fingerprint density at radius 1 is 1.20 bits per heavy atom. The molecule has 0 saturated carbocycles. The van der Waals surface area contributed by atoms with E-state index >= 15 is 0 Å². The number of carbonyl (C=O) groups is 1. The number of carbonyl (C=O) groups excluding carboxylic acids is 1. The zero-order chi connectivity index (χ0) is 14.9. The van der Waals surface area contributed by atoms with Crippen LogP contribution in [0.4, 0.5) is 11.4 Å². The first-order chi connectivity index (χ1) is 9.41. The lowest BCUT2D eigenvalue weighted by molar-refractivity contribution is 0.0993. The van der Waals surface area contributed by atoms with Gasteiger partial charge in [-0.2, -0.15) is 0 Å². The highest BCUT2D eigenvalue weighted by atomic mass is 35.5. The predicted molar refractivity (Wildman–Crippen MR) is 84.5 cm³/mol. The van der Waals surface area contributed by atoms with Gasteiger partial charge >= 0.3 is 0 Å². The first-order valence-electron chi connectivity index (χ1n) is 6.31. The molecule has 3 nitrogen and oxygen atoms in total. The fourth-order valence-electron chi connectivity index (χ4n) is 2.20. The van der Waals surface area contributed by atoms with Crippen molar-refractivity contribution in [3.8, 4) is 0 Å². The Hall–Kier alpha value is -2.00. The van der Waals surface area contributed by atoms with Gasteiger partial charge in [0.05, 0.1) is 16.3 Å². The molecule has 0 fully saturated rings. The fourth-order valence-corrected chi connectivity index (χ4v) is 2.37. The van der Waals surface area contributed by atoms with Gasteiger partial charge < -0.3 is 10.6 Å². The number of nitrogens with two attached hydrogens (primary N) is 1. The minimum absolute atomic E-state index is 0.169. The molecule has 0 aliphatic rings. The molecule has 2 aromatic rings. The first kappa shape index (κ1) is 14.4. The second-order valence-electron chi connectivity index (χ2n) is 4.86. The average molecular weight is 289 g/mol. The molecular formula is C16H17ClN2O. The zero-order valence-electron chi connectivity index (χ0n) is 11.8. The second kappa shape index (κ2) is 5.55. The summed E-state index contributed by atoms with van der Waals surface area (Å²) >= 11 is 5.96.